The second-order valence-corrected chi connectivity index (χ2v) is 8.86. The predicted molar refractivity (Wildman–Crippen MR) is 123 cm³/mol. The molecule has 2 aliphatic rings. The lowest BCUT2D eigenvalue weighted by Gasteiger charge is -2.42. The van der Waals surface area contributed by atoms with Gasteiger partial charge in [0.05, 0.1) is 12.0 Å². The molecule has 1 spiro atoms. The molecule has 1 fully saturated rings. The summed E-state index contributed by atoms with van der Waals surface area (Å²) < 4.78 is 24.5. The van der Waals surface area contributed by atoms with Crippen molar-refractivity contribution in [3.8, 4) is 11.5 Å². The van der Waals surface area contributed by atoms with Crippen LogP contribution in [0.25, 0.3) is 0 Å². The van der Waals surface area contributed by atoms with E-state index in [9.17, 15) is 14.0 Å². The monoisotopic (exact) mass is 454 g/mol. The highest BCUT2D eigenvalue weighted by Crippen LogP contribution is 2.36. The van der Waals surface area contributed by atoms with E-state index in [0.29, 0.717) is 32.0 Å². The fourth-order valence-electron chi connectivity index (χ4n) is 4.76. The molecule has 4 rings (SSSR count). The molecule has 0 aliphatic carbocycles. The van der Waals surface area contributed by atoms with Crippen molar-refractivity contribution in [1.82, 2.24) is 10.2 Å². The lowest BCUT2D eigenvalue weighted by Crippen LogP contribution is -2.54. The van der Waals surface area contributed by atoms with Crippen LogP contribution < -0.4 is 14.8 Å². The maximum atomic E-state index is 13.3. The molecule has 1 unspecified atom stereocenters. The molecule has 0 aromatic heterocycles. The second-order valence-electron chi connectivity index (χ2n) is 8.86. The molecule has 2 amide bonds. The molecule has 33 heavy (non-hydrogen) atoms. The number of fused-ring (bicyclic) bond motifs is 1. The van der Waals surface area contributed by atoms with Crippen molar-refractivity contribution in [3.63, 3.8) is 0 Å². The molecule has 0 radical (unpaired) electrons. The zero-order valence-electron chi connectivity index (χ0n) is 18.9. The number of rotatable bonds is 3. The van der Waals surface area contributed by atoms with Crippen LogP contribution in [0, 0.1) is 11.2 Å². The number of hydrogen-bond donors (Lipinski definition) is 1. The number of piperidine rings is 1. The van der Waals surface area contributed by atoms with Gasteiger partial charge in [0.2, 0.25) is 5.91 Å². The summed E-state index contributed by atoms with van der Waals surface area (Å²) in [5.74, 6) is 0.818. The average Bonchev–Trinajstić information content (AvgIpc) is 2.84. The summed E-state index contributed by atoms with van der Waals surface area (Å²) in [7, 11) is 0. The van der Waals surface area contributed by atoms with Crippen LogP contribution in [0.1, 0.15) is 37.7 Å². The number of aryl methyl sites for hydroxylation is 1. The van der Waals surface area contributed by atoms with Crippen molar-refractivity contribution in [2.75, 3.05) is 32.8 Å². The Morgan fingerprint density at radius 1 is 1.09 bits per heavy atom. The summed E-state index contributed by atoms with van der Waals surface area (Å²) in [6, 6.07) is 13.7. The van der Waals surface area contributed by atoms with Crippen LogP contribution in [0.4, 0.5) is 4.39 Å². The number of para-hydroxylation sites is 1. The van der Waals surface area contributed by atoms with Gasteiger partial charge in [-0.3, -0.25) is 9.59 Å². The molecular weight excluding hydrogens is 423 g/mol. The van der Waals surface area contributed by atoms with Gasteiger partial charge in [0.15, 0.2) is 6.61 Å². The summed E-state index contributed by atoms with van der Waals surface area (Å²) in [5.41, 5.74) is 0.597. The smallest absolute Gasteiger partial charge is 0.260 e. The standard InChI is InChI=1S/C26H31FN2O4/c27-21-9-11-22(12-10-21)33-18-24(30)29-16-5-14-26(19-29)13-4-3-7-20-6-1-2-8-23(20)32-17-15-28-25(26)31/h1-2,6,8-12H,3-5,7,13-19H2,(H,28,31). The lowest BCUT2D eigenvalue weighted by atomic mass is 9.74. The van der Waals surface area contributed by atoms with Crippen molar-refractivity contribution < 1.29 is 23.5 Å². The Morgan fingerprint density at radius 3 is 2.73 bits per heavy atom. The van der Waals surface area contributed by atoms with Gasteiger partial charge in [0.25, 0.3) is 5.91 Å². The zero-order chi connectivity index (χ0) is 23.1. The Bertz CT molecular complexity index is 965. The fraction of sp³-hybridized carbons (Fsp3) is 0.462. The van der Waals surface area contributed by atoms with Gasteiger partial charge in [-0.1, -0.05) is 24.6 Å². The topological polar surface area (TPSA) is 67.9 Å². The summed E-state index contributed by atoms with van der Waals surface area (Å²) in [4.78, 5) is 27.9. The van der Waals surface area contributed by atoms with E-state index in [4.69, 9.17) is 9.47 Å². The molecule has 2 aromatic carbocycles. The normalized spacial score (nSPS) is 21.7. The Balaban J connectivity index is 1.40. The van der Waals surface area contributed by atoms with E-state index in [1.54, 1.807) is 4.90 Å². The fourth-order valence-corrected chi connectivity index (χ4v) is 4.76. The number of carbonyl (C=O) groups is 2. The molecule has 6 nitrogen and oxygen atoms in total. The van der Waals surface area contributed by atoms with E-state index in [-0.39, 0.29) is 24.2 Å². The van der Waals surface area contributed by atoms with Crippen molar-refractivity contribution in [2.45, 2.75) is 38.5 Å². The molecule has 0 bridgehead atoms. The maximum absolute atomic E-state index is 13.3. The number of carbonyl (C=O) groups excluding carboxylic acids is 2. The number of nitrogens with zero attached hydrogens (tertiary/aromatic N) is 1. The van der Waals surface area contributed by atoms with Crippen LogP contribution in [0.15, 0.2) is 48.5 Å². The van der Waals surface area contributed by atoms with E-state index >= 15 is 0 Å². The van der Waals surface area contributed by atoms with Gasteiger partial charge in [0, 0.05) is 13.1 Å². The molecular formula is C26H31FN2O4. The first-order valence-electron chi connectivity index (χ1n) is 11.7. The van der Waals surface area contributed by atoms with Crippen molar-refractivity contribution >= 4 is 11.8 Å². The number of nitrogens with one attached hydrogen (secondary N) is 1. The lowest BCUT2D eigenvalue weighted by molar-refractivity contribution is -0.143. The van der Waals surface area contributed by atoms with Crippen LogP contribution in [-0.4, -0.2) is 49.6 Å². The van der Waals surface area contributed by atoms with E-state index in [0.717, 1.165) is 44.3 Å². The number of hydrogen-bond acceptors (Lipinski definition) is 4. The Hall–Kier alpha value is -3.09. The van der Waals surface area contributed by atoms with Crippen LogP contribution in [-0.2, 0) is 16.0 Å². The predicted octanol–water partition coefficient (Wildman–Crippen LogP) is 3.73. The van der Waals surface area contributed by atoms with Gasteiger partial charge >= 0.3 is 0 Å². The van der Waals surface area contributed by atoms with Crippen LogP contribution >= 0.6 is 0 Å². The minimum absolute atomic E-state index is 0.00286. The van der Waals surface area contributed by atoms with Gasteiger partial charge in [-0.15, -0.1) is 0 Å². The second kappa shape index (κ2) is 10.7. The summed E-state index contributed by atoms with van der Waals surface area (Å²) in [6.45, 7) is 1.70. The largest absolute Gasteiger partial charge is 0.491 e. The molecule has 1 saturated heterocycles. The van der Waals surface area contributed by atoms with Gasteiger partial charge in [-0.2, -0.15) is 0 Å². The average molecular weight is 455 g/mol. The zero-order valence-corrected chi connectivity index (χ0v) is 18.9. The first kappa shape index (κ1) is 23.1. The SMILES string of the molecule is O=C(COc1ccc(F)cc1)N1CCCC2(CCCCc3ccccc3OCCNC2=O)C1. The molecule has 7 heteroatoms. The molecule has 0 saturated carbocycles. The number of likely N-dealkylation sites (tertiary alicyclic amines) is 1. The van der Waals surface area contributed by atoms with Crippen LogP contribution in [0.3, 0.4) is 0 Å². The highest BCUT2D eigenvalue weighted by Gasteiger charge is 2.42. The quantitative estimate of drug-likeness (QED) is 0.767. The molecule has 176 valence electrons. The third-order valence-electron chi connectivity index (χ3n) is 6.56. The Labute approximate surface area is 194 Å². The number of amides is 2. The van der Waals surface area contributed by atoms with Crippen molar-refractivity contribution in [1.29, 1.82) is 0 Å². The van der Waals surface area contributed by atoms with E-state index in [1.807, 2.05) is 18.2 Å². The van der Waals surface area contributed by atoms with E-state index < -0.39 is 5.41 Å². The third-order valence-corrected chi connectivity index (χ3v) is 6.56. The summed E-state index contributed by atoms with van der Waals surface area (Å²) in [6.07, 6.45) is 5.04. The van der Waals surface area contributed by atoms with Crippen LogP contribution in [0.5, 0.6) is 11.5 Å². The van der Waals surface area contributed by atoms with Crippen LogP contribution in [0.2, 0.25) is 0 Å². The maximum Gasteiger partial charge on any atom is 0.260 e. The first-order chi connectivity index (χ1) is 16.1. The number of ether oxygens (including phenoxy) is 2. The minimum Gasteiger partial charge on any atom is -0.491 e. The molecule has 1 atom stereocenters. The summed E-state index contributed by atoms with van der Waals surface area (Å²) in [5, 5.41) is 3.05. The van der Waals surface area contributed by atoms with Gasteiger partial charge in [-0.25, -0.2) is 4.39 Å². The van der Waals surface area contributed by atoms with Gasteiger partial charge in [0.1, 0.15) is 23.9 Å². The van der Waals surface area contributed by atoms with Crippen molar-refractivity contribution in [2.24, 2.45) is 5.41 Å². The van der Waals surface area contributed by atoms with Crippen molar-refractivity contribution in [3.05, 3.63) is 59.9 Å². The van der Waals surface area contributed by atoms with E-state index in [1.165, 1.54) is 29.8 Å². The molecule has 2 aromatic rings. The molecule has 2 aliphatic heterocycles. The van der Waals surface area contributed by atoms with Gasteiger partial charge < -0.3 is 19.7 Å². The number of halogens is 1. The Morgan fingerprint density at radius 2 is 1.88 bits per heavy atom. The van der Waals surface area contributed by atoms with Gasteiger partial charge in [-0.05, 0) is 68.0 Å². The first-order valence-corrected chi connectivity index (χ1v) is 11.7. The molecule has 2 heterocycles. The third kappa shape index (κ3) is 5.83. The van der Waals surface area contributed by atoms with E-state index in [2.05, 4.69) is 11.4 Å². The Kier molecular flexibility index (Phi) is 7.47. The highest BCUT2D eigenvalue weighted by atomic mass is 19.1. The number of benzene rings is 2. The molecule has 1 N–H and O–H groups in total. The summed E-state index contributed by atoms with van der Waals surface area (Å²) >= 11 is 0. The highest BCUT2D eigenvalue weighted by molar-refractivity contribution is 5.85. The minimum atomic E-state index is -0.595.